The van der Waals surface area contributed by atoms with E-state index in [0.29, 0.717) is 43.0 Å². The first kappa shape index (κ1) is 21.3. The van der Waals surface area contributed by atoms with Gasteiger partial charge in [-0.2, -0.15) is 13.2 Å². The number of nitrogens with zero attached hydrogens (tertiary/aromatic N) is 4. The first-order chi connectivity index (χ1) is 14.8. The van der Waals surface area contributed by atoms with E-state index in [0.717, 1.165) is 32.1 Å². The van der Waals surface area contributed by atoms with E-state index in [4.69, 9.17) is 0 Å². The molecular weight excluding hydrogens is 409 g/mol. The summed E-state index contributed by atoms with van der Waals surface area (Å²) in [6.45, 7) is 3.86. The molecule has 31 heavy (non-hydrogen) atoms. The van der Waals surface area contributed by atoms with Gasteiger partial charge >= 0.3 is 6.18 Å². The number of amides is 2. The largest absolute Gasteiger partial charge is 0.433 e. The smallest absolute Gasteiger partial charge is 0.354 e. The lowest BCUT2D eigenvalue weighted by Gasteiger charge is -2.35. The van der Waals surface area contributed by atoms with E-state index in [1.807, 2.05) is 4.90 Å². The van der Waals surface area contributed by atoms with E-state index in [9.17, 15) is 22.8 Å². The predicted octanol–water partition coefficient (Wildman–Crippen LogP) is 3.30. The number of fused-ring (bicyclic) bond motifs is 1. The van der Waals surface area contributed by atoms with Crippen LogP contribution in [-0.4, -0.2) is 65.9 Å². The molecule has 0 saturated carbocycles. The highest BCUT2D eigenvalue weighted by Gasteiger charge is 2.35. The molecule has 0 aliphatic carbocycles. The molecule has 0 unspecified atom stereocenters. The van der Waals surface area contributed by atoms with Gasteiger partial charge in [-0.15, -0.1) is 0 Å². The van der Waals surface area contributed by atoms with E-state index in [1.54, 1.807) is 30.3 Å². The Hall–Kier alpha value is -2.94. The van der Waals surface area contributed by atoms with Crippen molar-refractivity contribution in [3.8, 4) is 0 Å². The van der Waals surface area contributed by atoms with Gasteiger partial charge in [0.25, 0.3) is 11.8 Å². The van der Waals surface area contributed by atoms with E-state index >= 15 is 0 Å². The zero-order valence-corrected chi connectivity index (χ0v) is 16.9. The molecule has 2 aliphatic rings. The number of hydrogen-bond donors (Lipinski definition) is 0. The van der Waals surface area contributed by atoms with Gasteiger partial charge in [0.2, 0.25) is 0 Å². The minimum absolute atomic E-state index is 0.234. The Morgan fingerprint density at radius 3 is 2.03 bits per heavy atom. The zero-order valence-electron chi connectivity index (χ0n) is 16.9. The van der Waals surface area contributed by atoms with Gasteiger partial charge in [-0.3, -0.25) is 19.4 Å². The molecule has 164 valence electrons. The number of imide groups is 1. The second-order valence-electron chi connectivity index (χ2n) is 7.72. The van der Waals surface area contributed by atoms with E-state index in [2.05, 4.69) is 9.88 Å². The van der Waals surface area contributed by atoms with Crippen LogP contribution < -0.4 is 4.90 Å². The van der Waals surface area contributed by atoms with Gasteiger partial charge in [-0.05, 0) is 43.7 Å². The minimum Gasteiger partial charge on any atom is -0.354 e. The first-order valence-electron chi connectivity index (χ1n) is 10.3. The summed E-state index contributed by atoms with van der Waals surface area (Å²) in [7, 11) is 0. The van der Waals surface area contributed by atoms with Crippen molar-refractivity contribution in [1.82, 2.24) is 14.8 Å². The number of carbonyl (C=O) groups excluding carboxylic acids is 2. The minimum atomic E-state index is -4.45. The predicted molar refractivity (Wildman–Crippen MR) is 109 cm³/mol. The summed E-state index contributed by atoms with van der Waals surface area (Å²) >= 11 is 0. The molecule has 0 atom stereocenters. The van der Waals surface area contributed by atoms with Crippen LogP contribution in [0.25, 0.3) is 0 Å². The standard InChI is InChI=1S/C22H23F3N4O2/c23-22(24,25)18-8-5-9-19(26-18)28-14-12-27(13-15-28)10-3-4-11-29-20(30)16-6-1-2-7-17(16)21(29)31/h1-2,5-9H,3-4,10-15H2. The molecule has 0 radical (unpaired) electrons. The van der Waals surface area contributed by atoms with Gasteiger partial charge in [-0.25, -0.2) is 4.98 Å². The molecule has 1 aromatic carbocycles. The Morgan fingerprint density at radius 1 is 0.806 bits per heavy atom. The number of halogens is 3. The number of unbranched alkanes of at least 4 members (excludes halogenated alkanes) is 1. The molecular formula is C22H23F3N4O2. The number of carbonyl (C=O) groups is 2. The summed E-state index contributed by atoms with van der Waals surface area (Å²) < 4.78 is 38.6. The number of anilines is 1. The summed E-state index contributed by atoms with van der Waals surface area (Å²) in [5.74, 6) is -0.120. The molecule has 2 amide bonds. The highest BCUT2D eigenvalue weighted by atomic mass is 19.4. The summed E-state index contributed by atoms with van der Waals surface area (Å²) in [5, 5.41) is 0. The fraction of sp³-hybridized carbons (Fsp3) is 0.409. The zero-order chi connectivity index (χ0) is 22.0. The van der Waals surface area contributed by atoms with Crippen molar-refractivity contribution in [3.05, 3.63) is 59.3 Å². The number of hydrogen-bond acceptors (Lipinski definition) is 5. The Bertz CT molecular complexity index is 936. The Kier molecular flexibility index (Phi) is 5.95. The third-order valence-corrected chi connectivity index (χ3v) is 5.71. The number of piperazine rings is 1. The van der Waals surface area contributed by atoms with Crippen LogP contribution in [0.3, 0.4) is 0 Å². The average molecular weight is 432 g/mol. The van der Waals surface area contributed by atoms with Crippen LogP contribution in [0.15, 0.2) is 42.5 Å². The maximum Gasteiger partial charge on any atom is 0.433 e. The van der Waals surface area contributed by atoms with Crippen LogP contribution in [0.4, 0.5) is 19.0 Å². The second kappa shape index (κ2) is 8.66. The summed E-state index contributed by atoms with van der Waals surface area (Å²) in [6.07, 6.45) is -2.91. The number of pyridine rings is 1. The molecule has 3 heterocycles. The van der Waals surface area contributed by atoms with Crippen LogP contribution in [0, 0.1) is 0 Å². The quantitative estimate of drug-likeness (QED) is 0.518. The summed E-state index contributed by atoms with van der Waals surface area (Å²) in [6, 6.07) is 10.8. The molecule has 6 nitrogen and oxygen atoms in total. The van der Waals surface area contributed by atoms with Crippen molar-refractivity contribution in [2.45, 2.75) is 19.0 Å². The van der Waals surface area contributed by atoms with Gasteiger partial charge in [0.1, 0.15) is 11.5 Å². The lowest BCUT2D eigenvalue weighted by Crippen LogP contribution is -2.47. The van der Waals surface area contributed by atoms with Gasteiger partial charge in [-0.1, -0.05) is 18.2 Å². The number of alkyl halides is 3. The highest BCUT2D eigenvalue weighted by Crippen LogP contribution is 2.29. The van der Waals surface area contributed by atoms with Crippen molar-refractivity contribution in [3.63, 3.8) is 0 Å². The van der Waals surface area contributed by atoms with Crippen LogP contribution >= 0.6 is 0 Å². The van der Waals surface area contributed by atoms with Crippen LogP contribution in [0.5, 0.6) is 0 Å². The molecule has 1 fully saturated rings. The van der Waals surface area contributed by atoms with Crippen LogP contribution in [0.2, 0.25) is 0 Å². The molecule has 0 spiro atoms. The molecule has 0 bridgehead atoms. The SMILES string of the molecule is O=C1c2ccccc2C(=O)N1CCCCN1CCN(c2cccc(C(F)(F)F)n2)CC1. The molecule has 1 saturated heterocycles. The molecule has 4 rings (SSSR count). The lowest BCUT2D eigenvalue weighted by atomic mass is 10.1. The van der Waals surface area contributed by atoms with Gasteiger partial charge in [0, 0.05) is 32.7 Å². The fourth-order valence-electron chi connectivity index (χ4n) is 4.01. The average Bonchev–Trinajstić information content (AvgIpc) is 3.01. The third-order valence-electron chi connectivity index (χ3n) is 5.71. The molecule has 9 heteroatoms. The van der Waals surface area contributed by atoms with Gasteiger partial charge in [0.15, 0.2) is 0 Å². The first-order valence-corrected chi connectivity index (χ1v) is 10.3. The van der Waals surface area contributed by atoms with Crippen molar-refractivity contribution < 1.29 is 22.8 Å². The van der Waals surface area contributed by atoms with Gasteiger partial charge in [0.05, 0.1) is 11.1 Å². The molecule has 2 aromatic rings. The van der Waals surface area contributed by atoms with Crippen molar-refractivity contribution >= 4 is 17.6 Å². The Labute approximate surface area is 178 Å². The van der Waals surface area contributed by atoms with Crippen molar-refractivity contribution in [2.24, 2.45) is 0 Å². The second-order valence-corrected chi connectivity index (χ2v) is 7.72. The Morgan fingerprint density at radius 2 is 1.42 bits per heavy atom. The third kappa shape index (κ3) is 4.56. The summed E-state index contributed by atoms with van der Waals surface area (Å²) in [4.78, 5) is 33.9. The van der Waals surface area contributed by atoms with Crippen molar-refractivity contribution in [2.75, 3.05) is 44.2 Å². The Balaban J connectivity index is 1.21. The van der Waals surface area contributed by atoms with E-state index in [1.165, 1.54) is 11.0 Å². The van der Waals surface area contributed by atoms with Crippen LogP contribution in [0.1, 0.15) is 39.3 Å². The molecule has 2 aliphatic heterocycles. The molecule has 1 aromatic heterocycles. The van der Waals surface area contributed by atoms with Crippen LogP contribution in [-0.2, 0) is 6.18 Å². The topological polar surface area (TPSA) is 56.8 Å². The van der Waals surface area contributed by atoms with Crippen molar-refractivity contribution in [1.29, 1.82) is 0 Å². The lowest BCUT2D eigenvalue weighted by molar-refractivity contribution is -0.141. The van der Waals surface area contributed by atoms with Gasteiger partial charge < -0.3 is 4.90 Å². The number of benzene rings is 1. The number of aromatic nitrogens is 1. The summed E-state index contributed by atoms with van der Waals surface area (Å²) in [5.41, 5.74) is 0.0548. The number of rotatable bonds is 6. The van der Waals surface area contributed by atoms with E-state index < -0.39 is 11.9 Å². The highest BCUT2D eigenvalue weighted by molar-refractivity contribution is 6.21. The maximum atomic E-state index is 12.9. The fourth-order valence-corrected chi connectivity index (χ4v) is 4.01. The van der Waals surface area contributed by atoms with E-state index in [-0.39, 0.29) is 11.8 Å². The normalized spacial score (nSPS) is 17.4. The molecule has 0 N–H and O–H groups in total. The maximum absolute atomic E-state index is 12.9. The monoisotopic (exact) mass is 432 g/mol.